The molecule has 0 aromatic carbocycles. The minimum absolute atomic E-state index is 0.132. The Morgan fingerprint density at radius 3 is 2.63 bits per heavy atom. The zero-order valence-corrected chi connectivity index (χ0v) is 12.8. The lowest BCUT2D eigenvalue weighted by Crippen LogP contribution is -2.39. The van der Waals surface area contributed by atoms with Gasteiger partial charge in [0.1, 0.15) is 0 Å². The van der Waals surface area contributed by atoms with Crippen molar-refractivity contribution in [3.8, 4) is 0 Å². The van der Waals surface area contributed by atoms with Crippen molar-refractivity contribution in [2.75, 3.05) is 0 Å². The Bertz CT molecular complexity index is 474. The third kappa shape index (κ3) is 3.57. The number of hydrogen-bond donors (Lipinski definition) is 2. The Labute approximate surface area is 124 Å². The van der Waals surface area contributed by atoms with Gasteiger partial charge in [-0.2, -0.15) is 0 Å². The number of carbonyl (C=O) groups excluding carboxylic acids is 1. The SMILES string of the molecule is O=C(O)[C@H]1CCCC[C@H]1C(=O)NCc1sccc1Br. The Balaban J connectivity index is 1.94. The molecule has 19 heavy (non-hydrogen) atoms. The molecule has 4 nitrogen and oxygen atoms in total. The first-order valence-corrected chi connectivity index (χ1v) is 7.99. The summed E-state index contributed by atoms with van der Waals surface area (Å²) in [6.45, 7) is 0.458. The van der Waals surface area contributed by atoms with Crippen molar-refractivity contribution in [1.29, 1.82) is 0 Å². The van der Waals surface area contributed by atoms with Crippen molar-refractivity contribution in [3.05, 3.63) is 20.8 Å². The molecular weight excluding hydrogens is 330 g/mol. The highest BCUT2D eigenvalue weighted by molar-refractivity contribution is 9.10. The second-order valence-corrected chi connectivity index (χ2v) is 6.60. The van der Waals surface area contributed by atoms with Crippen molar-refractivity contribution >= 4 is 39.1 Å². The zero-order valence-electron chi connectivity index (χ0n) is 10.4. The molecule has 104 valence electrons. The minimum atomic E-state index is -0.850. The number of rotatable bonds is 4. The number of carbonyl (C=O) groups is 2. The number of amides is 1. The second kappa shape index (κ2) is 6.52. The van der Waals surface area contributed by atoms with Crippen LogP contribution in [0.15, 0.2) is 15.9 Å². The first kappa shape index (κ1) is 14.5. The van der Waals surface area contributed by atoms with E-state index in [-0.39, 0.29) is 11.8 Å². The smallest absolute Gasteiger partial charge is 0.307 e. The van der Waals surface area contributed by atoms with Crippen LogP contribution in [0.3, 0.4) is 0 Å². The van der Waals surface area contributed by atoms with Crippen molar-refractivity contribution < 1.29 is 14.7 Å². The molecule has 1 aliphatic carbocycles. The molecule has 1 aliphatic rings. The number of thiophene rings is 1. The maximum absolute atomic E-state index is 12.1. The molecule has 2 rings (SSSR count). The molecule has 0 aliphatic heterocycles. The number of halogens is 1. The molecule has 6 heteroatoms. The first-order chi connectivity index (χ1) is 9.09. The highest BCUT2D eigenvalue weighted by Gasteiger charge is 2.35. The predicted octanol–water partition coefficient (Wildman–Crippen LogP) is 3.02. The fraction of sp³-hybridized carbons (Fsp3) is 0.538. The maximum atomic E-state index is 12.1. The van der Waals surface area contributed by atoms with E-state index in [4.69, 9.17) is 5.11 Å². The normalized spacial score (nSPS) is 23.0. The third-order valence-corrected chi connectivity index (χ3v) is 5.46. The molecule has 1 fully saturated rings. The van der Waals surface area contributed by atoms with Gasteiger partial charge in [-0.3, -0.25) is 9.59 Å². The maximum Gasteiger partial charge on any atom is 0.307 e. The summed E-state index contributed by atoms with van der Waals surface area (Å²) in [6, 6.07) is 1.94. The van der Waals surface area contributed by atoms with Crippen molar-refractivity contribution in [3.63, 3.8) is 0 Å². The molecular formula is C13H16BrNO3S. The summed E-state index contributed by atoms with van der Waals surface area (Å²) in [5, 5.41) is 14.0. The van der Waals surface area contributed by atoms with Crippen LogP contribution in [0.4, 0.5) is 0 Å². The Hall–Kier alpha value is -0.880. The Morgan fingerprint density at radius 1 is 1.37 bits per heavy atom. The molecule has 2 N–H and O–H groups in total. The molecule has 0 bridgehead atoms. The van der Waals surface area contributed by atoms with Crippen LogP contribution in [0.2, 0.25) is 0 Å². The molecule has 2 atom stereocenters. The van der Waals surface area contributed by atoms with E-state index in [0.29, 0.717) is 19.4 Å². The van der Waals surface area contributed by atoms with Gasteiger partial charge < -0.3 is 10.4 Å². The summed E-state index contributed by atoms with van der Waals surface area (Å²) in [5.74, 6) is -1.89. The van der Waals surface area contributed by atoms with Gasteiger partial charge in [0.25, 0.3) is 0 Å². The lowest BCUT2D eigenvalue weighted by atomic mass is 9.79. The van der Waals surface area contributed by atoms with E-state index in [1.165, 1.54) is 0 Å². The number of nitrogens with one attached hydrogen (secondary N) is 1. The fourth-order valence-electron chi connectivity index (χ4n) is 2.49. The van der Waals surface area contributed by atoms with Crippen LogP contribution in [-0.2, 0) is 16.1 Å². The summed E-state index contributed by atoms with van der Waals surface area (Å²) >= 11 is 4.98. The van der Waals surface area contributed by atoms with Gasteiger partial charge in [-0.25, -0.2) is 0 Å². The zero-order chi connectivity index (χ0) is 13.8. The molecule has 0 spiro atoms. The van der Waals surface area contributed by atoms with Crippen molar-refractivity contribution in [1.82, 2.24) is 5.32 Å². The number of carboxylic acids is 1. The van der Waals surface area contributed by atoms with Crippen molar-refractivity contribution in [2.24, 2.45) is 11.8 Å². The van der Waals surface area contributed by atoms with E-state index >= 15 is 0 Å². The third-order valence-electron chi connectivity index (χ3n) is 3.53. The molecule has 1 saturated carbocycles. The quantitative estimate of drug-likeness (QED) is 0.881. The largest absolute Gasteiger partial charge is 0.481 e. The summed E-state index contributed by atoms with van der Waals surface area (Å²) in [7, 11) is 0. The molecule has 1 amide bonds. The summed E-state index contributed by atoms with van der Waals surface area (Å²) < 4.78 is 0.983. The molecule has 1 aromatic rings. The van der Waals surface area contributed by atoms with Crippen molar-refractivity contribution in [2.45, 2.75) is 32.2 Å². The van der Waals surface area contributed by atoms with Crippen LogP contribution in [0.1, 0.15) is 30.6 Å². The molecule has 1 aromatic heterocycles. The first-order valence-electron chi connectivity index (χ1n) is 6.32. The van der Waals surface area contributed by atoms with Gasteiger partial charge in [0, 0.05) is 9.35 Å². The van der Waals surface area contributed by atoms with Gasteiger partial charge in [-0.05, 0) is 40.2 Å². The number of hydrogen-bond acceptors (Lipinski definition) is 3. The van der Waals surface area contributed by atoms with E-state index in [1.54, 1.807) is 11.3 Å². The average Bonchev–Trinajstić information content (AvgIpc) is 2.81. The van der Waals surface area contributed by atoms with Gasteiger partial charge in [0.2, 0.25) is 5.91 Å². The predicted molar refractivity (Wildman–Crippen MR) is 76.9 cm³/mol. The Morgan fingerprint density at radius 2 is 2.05 bits per heavy atom. The monoisotopic (exact) mass is 345 g/mol. The summed E-state index contributed by atoms with van der Waals surface area (Å²) in [4.78, 5) is 24.4. The number of aliphatic carboxylic acids is 1. The van der Waals surface area contributed by atoms with E-state index in [2.05, 4.69) is 21.2 Å². The second-order valence-electron chi connectivity index (χ2n) is 4.75. The summed E-state index contributed by atoms with van der Waals surface area (Å²) in [5.41, 5.74) is 0. The average molecular weight is 346 g/mol. The fourth-order valence-corrected chi connectivity index (χ4v) is 3.92. The highest BCUT2D eigenvalue weighted by Crippen LogP contribution is 2.30. The van der Waals surface area contributed by atoms with E-state index in [0.717, 1.165) is 22.2 Å². The lowest BCUT2D eigenvalue weighted by Gasteiger charge is -2.27. The Kier molecular flexibility index (Phi) is 4.99. The molecule has 0 unspecified atom stereocenters. The van der Waals surface area contributed by atoms with Gasteiger partial charge in [0.15, 0.2) is 0 Å². The van der Waals surface area contributed by atoms with E-state index in [1.807, 2.05) is 11.4 Å². The summed E-state index contributed by atoms with van der Waals surface area (Å²) in [6.07, 6.45) is 3.12. The van der Waals surface area contributed by atoms with Crippen LogP contribution in [0.25, 0.3) is 0 Å². The molecule has 0 saturated heterocycles. The van der Waals surface area contributed by atoms with Gasteiger partial charge >= 0.3 is 5.97 Å². The topological polar surface area (TPSA) is 66.4 Å². The highest BCUT2D eigenvalue weighted by atomic mass is 79.9. The van der Waals surface area contributed by atoms with Crippen LogP contribution in [0.5, 0.6) is 0 Å². The van der Waals surface area contributed by atoms with Crippen LogP contribution < -0.4 is 5.32 Å². The minimum Gasteiger partial charge on any atom is -0.481 e. The van der Waals surface area contributed by atoms with E-state index in [9.17, 15) is 9.59 Å². The molecule has 1 heterocycles. The van der Waals surface area contributed by atoms with Crippen LogP contribution in [0, 0.1) is 11.8 Å². The van der Waals surface area contributed by atoms with Crippen LogP contribution >= 0.6 is 27.3 Å². The lowest BCUT2D eigenvalue weighted by molar-refractivity contribution is -0.148. The van der Waals surface area contributed by atoms with Crippen LogP contribution in [-0.4, -0.2) is 17.0 Å². The van der Waals surface area contributed by atoms with Gasteiger partial charge in [0.05, 0.1) is 18.4 Å². The standard InChI is InChI=1S/C13H16BrNO3S/c14-10-5-6-19-11(10)7-15-12(16)8-3-1-2-4-9(8)13(17)18/h5-6,8-9H,1-4,7H2,(H,15,16)(H,17,18)/t8-,9+/m1/s1. The molecule has 0 radical (unpaired) electrons. The van der Waals surface area contributed by atoms with Gasteiger partial charge in [-0.15, -0.1) is 11.3 Å². The van der Waals surface area contributed by atoms with Gasteiger partial charge in [-0.1, -0.05) is 12.8 Å². The number of carboxylic acid groups (broad SMARTS) is 1. The van der Waals surface area contributed by atoms with E-state index < -0.39 is 11.9 Å².